The number of fused-ring (bicyclic) bond motifs is 1. The van der Waals surface area contributed by atoms with E-state index in [1.54, 1.807) is 13.0 Å². The monoisotopic (exact) mass is 442 g/mol. The van der Waals surface area contributed by atoms with E-state index in [0.29, 0.717) is 10.9 Å². The molecule has 5 atom stereocenters. The zero-order valence-corrected chi connectivity index (χ0v) is 17.5. The second-order valence-electron chi connectivity index (χ2n) is 7.03. The van der Waals surface area contributed by atoms with Gasteiger partial charge in [0, 0.05) is 0 Å². The first-order valence-electron chi connectivity index (χ1n) is 9.46. The van der Waals surface area contributed by atoms with Crippen molar-refractivity contribution >= 4 is 11.0 Å². The van der Waals surface area contributed by atoms with Gasteiger partial charge in [-0.1, -0.05) is 0 Å². The summed E-state index contributed by atoms with van der Waals surface area (Å²) in [6.45, 7) is 0.772. The number of benzene rings is 1. The van der Waals surface area contributed by atoms with Gasteiger partial charge in [-0.05, 0) is 18.6 Å². The van der Waals surface area contributed by atoms with Crippen molar-refractivity contribution in [2.45, 2.75) is 44.2 Å². The van der Waals surface area contributed by atoms with E-state index in [1.807, 2.05) is 0 Å². The highest BCUT2D eigenvalue weighted by atomic mass is 16.7. The van der Waals surface area contributed by atoms with Crippen LogP contribution in [0.1, 0.15) is 11.1 Å². The van der Waals surface area contributed by atoms with Crippen molar-refractivity contribution in [3.05, 3.63) is 27.6 Å². The van der Waals surface area contributed by atoms with E-state index in [1.165, 1.54) is 21.3 Å². The molecule has 11 nitrogen and oxygen atoms in total. The van der Waals surface area contributed by atoms with Gasteiger partial charge in [-0.25, -0.2) is 4.79 Å². The van der Waals surface area contributed by atoms with E-state index in [0.717, 1.165) is 0 Å². The molecule has 0 aliphatic carbocycles. The van der Waals surface area contributed by atoms with Gasteiger partial charge >= 0.3 is 5.63 Å². The molecule has 172 valence electrons. The molecule has 0 spiro atoms. The van der Waals surface area contributed by atoms with E-state index in [-0.39, 0.29) is 35.0 Å². The fourth-order valence-corrected chi connectivity index (χ4v) is 3.55. The summed E-state index contributed by atoms with van der Waals surface area (Å²) >= 11 is 0. The molecule has 3 rings (SSSR count). The zero-order valence-electron chi connectivity index (χ0n) is 17.5. The van der Waals surface area contributed by atoms with Gasteiger partial charge in [0.05, 0.1) is 45.5 Å². The van der Waals surface area contributed by atoms with E-state index >= 15 is 0 Å². The Kier molecular flexibility index (Phi) is 7.04. The number of aliphatic hydroxyl groups excluding tert-OH is 4. The quantitative estimate of drug-likeness (QED) is 0.408. The van der Waals surface area contributed by atoms with Crippen molar-refractivity contribution in [3.8, 4) is 17.2 Å². The van der Waals surface area contributed by atoms with E-state index < -0.39 is 42.9 Å². The largest absolute Gasteiger partial charge is 0.495 e. The molecule has 2 heterocycles. The maximum atomic E-state index is 12.3. The lowest BCUT2D eigenvalue weighted by atomic mass is 9.99. The average molecular weight is 442 g/mol. The lowest BCUT2D eigenvalue weighted by Gasteiger charge is -2.39. The summed E-state index contributed by atoms with van der Waals surface area (Å²) in [5, 5.41) is 39.8. The van der Waals surface area contributed by atoms with Crippen molar-refractivity contribution in [1.29, 1.82) is 0 Å². The van der Waals surface area contributed by atoms with Gasteiger partial charge in [0.15, 0.2) is 17.6 Å². The Balaban J connectivity index is 2.06. The summed E-state index contributed by atoms with van der Waals surface area (Å²) in [6, 6.07) is 1.59. The van der Waals surface area contributed by atoms with Crippen molar-refractivity contribution in [3.63, 3.8) is 0 Å². The van der Waals surface area contributed by atoms with Crippen molar-refractivity contribution in [1.82, 2.24) is 0 Å². The molecule has 4 N–H and O–H groups in total. The first kappa shape index (κ1) is 23.3. The highest BCUT2D eigenvalue weighted by Crippen LogP contribution is 2.42. The van der Waals surface area contributed by atoms with Gasteiger partial charge in [-0.2, -0.15) is 0 Å². The van der Waals surface area contributed by atoms with Gasteiger partial charge in [0.25, 0.3) is 0 Å². The highest BCUT2D eigenvalue weighted by Gasteiger charge is 2.44. The van der Waals surface area contributed by atoms with Crippen LogP contribution in [0.25, 0.3) is 11.0 Å². The molecule has 1 fully saturated rings. The summed E-state index contributed by atoms with van der Waals surface area (Å²) < 4.78 is 32.6. The van der Waals surface area contributed by atoms with Crippen LogP contribution in [0.2, 0.25) is 0 Å². The Labute approximate surface area is 177 Å². The predicted molar refractivity (Wildman–Crippen MR) is 105 cm³/mol. The molecule has 31 heavy (non-hydrogen) atoms. The lowest BCUT2D eigenvalue weighted by molar-refractivity contribution is -0.304. The van der Waals surface area contributed by atoms with Gasteiger partial charge in [-0.3, -0.25) is 0 Å². The molecule has 1 aromatic heterocycles. The summed E-state index contributed by atoms with van der Waals surface area (Å²) in [7, 11) is 4.21. The van der Waals surface area contributed by atoms with Crippen LogP contribution in [0.5, 0.6) is 17.2 Å². The number of hydrogen-bond acceptors (Lipinski definition) is 11. The second-order valence-corrected chi connectivity index (χ2v) is 7.03. The normalized spacial score (nSPS) is 26.1. The third kappa shape index (κ3) is 4.07. The summed E-state index contributed by atoms with van der Waals surface area (Å²) in [6.07, 6.45) is -7.10. The Morgan fingerprint density at radius 2 is 1.68 bits per heavy atom. The van der Waals surface area contributed by atoms with Gasteiger partial charge in [0.1, 0.15) is 30.2 Å². The molecule has 11 heteroatoms. The van der Waals surface area contributed by atoms with E-state index in [4.69, 9.17) is 28.1 Å². The molecule has 0 amide bonds. The van der Waals surface area contributed by atoms with Crippen LogP contribution in [0, 0.1) is 6.92 Å². The van der Waals surface area contributed by atoms with Crippen molar-refractivity contribution in [2.24, 2.45) is 0 Å². The molecule has 1 aliphatic heterocycles. The third-order valence-electron chi connectivity index (χ3n) is 5.23. The summed E-state index contributed by atoms with van der Waals surface area (Å²) in [4.78, 5) is 12.3. The Morgan fingerprint density at radius 3 is 2.26 bits per heavy atom. The first-order chi connectivity index (χ1) is 14.8. The second kappa shape index (κ2) is 9.39. The molecular formula is C20H26O11. The van der Waals surface area contributed by atoms with Crippen molar-refractivity contribution < 1.29 is 48.5 Å². The van der Waals surface area contributed by atoms with Gasteiger partial charge in [-0.15, -0.1) is 0 Å². The summed E-state index contributed by atoms with van der Waals surface area (Å²) in [5.41, 5.74) is 0.156. The number of rotatable bonds is 7. The van der Waals surface area contributed by atoms with E-state index in [2.05, 4.69) is 0 Å². The standard InChI is InChI=1S/C20H26O11/c1-8-16(27-3)12-9(5-10(26-2)17(28-4)18(12)31-19(8)25)7-29-20-15(24)14(23)13(22)11(6-21)30-20/h5,11,13-15,20-24H,6-7H2,1-4H3/t11-,13-,14+,15-,20-/m1/s1. The maximum absolute atomic E-state index is 12.3. The molecule has 0 bridgehead atoms. The fourth-order valence-electron chi connectivity index (χ4n) is 3.55. The third-order valence-corrected chi connectivity index (χ3v) is 5.23. The SMILES string of the molecule is COc1cc(CO[C@@H]2O[C@H](CO)[C@@H](O)[C@H](O)[C@H]2O)c2c(OC)c(C)c(=O)oc2c1OC. The minimum atomic E-state index is -1.58. The zero-order chi connectivity index (χ0) is 22.9. The molecule has 2 aromatic rings. The van der Waals surface area contributed by atoms with Gasteiger partial charge < -0.3 is 48.5 Å². The maximum Gasteiger partial charge on any atom is 0.343 e. The van der Waals surface area contributed by atoms with Crippen molar-refractivity contribution in [2.75, 3.05) is 27.9 Å². The number of aliphatic hydroxyl groups is 4. The van der Waals surface area contributed by atoms with Crippen LogP contribution in [-0.4, -0.2) is 79.1 Å². The smallest absolute Gasteiger partial charge is 0.343 e. The molecule has 1 saturated heterocycles. The Bertz CT molecular complexity index is 983. The lowest BCUT2D eigenvalue weighted by Crippen LogP contribution is -2.59. The minimum absolute atomic E-state index is 0.0849. The average Bonchev–Trinajstić information content (AvgIpc) is 2.77. The van der Waals surface area contributed by atoms with Crippen LogP contribution < -0.4 is 19.8 Å². The molecule has 0 unspecified atom stereocenters. The van der Waals surface area contributed by atoms with Gasteiger partial charge in [0.2, 0.25) is 5.75 Å². The minimum Gasteiger partial charge on any atom is -0.495 e. The highest BCUT2D eigenvalue weighted by molar-refractivity contribution is 5.94. The van der Waals surface area contributed by atoms with Crippen LogP contribution in [0.4, 0.5) is 0 Å². The fraction of sp³-hybridized carbons (Fsp3) is 0.550. The van der Waals surface area contributed by atoms with Crippen LogP contribution in [0.3, 0.4) is 0 Å². The predicted octanol–water partition coefficient (Wildman–Crippen LogP) is -0.556. The van der Waals surface area contributed by atoms with Crippen LogP contribution >= 0.6 is 0 Å². The van der Waals surface area contributed by atoms with Crippen LogP contribution in [0.15, 0.2) is 15.3 Å². The number of methoxy groups -OCH3 is 3. The topological polar surface area (TPSA) is 157 Å². The number of hydrogen-bond donors (Lipinski definition) is 4. The summed E-state index contributed by atoms with van der Waals surface area (Å²) in [5.74, 6) is 0.695. The Hall–Kier alpha value is -2.41. The number of ether oxygens (including phenoxy) is 5. The van der Waals surface area contributed by atoms with E-state index in [9.17, 15) is 25.2 Å². The Morgan fingerprint density at radius 1 is 1.00 bits per heavy atom. The first-order valence-corrected chi connectivity index (χ1v) is 9.46. The molecule has 1 aromatic carbocycles. The van der Waals surface area contributed by atoms with Crippen LogP contribution in [-0.2, 0) is 16.1 Å². The molecular weight excluding hydrogens is 416 g/mol. The molecule has 0 radical (unpaired) electrons. The molecule has 0 saturated carbocycles. The molecule has 1 aliphatic rings.